The average Bonchev–Trinajstić information content (AvgIpc) is 2.72. The van der Waals surface area contributed by atoms with Crippen LogP contribution in [0.25, 0.3) is 0 Å². The lowest BCUT2D eigenvalue weighted by Gasteiger charge is -2.22. The number of carbonyl (C=O) groups excluding carboxylic acids is 2. The number of ether oxygens (including phenoxy) is 3. The standard InChI is InChI=1S/C19H20BrN3O7S/c1-28-17-10-13(8-9-16(17)30-19(25)29-2)11-21-22-18(24)12-23(31(3,26)27)15-7-5-4-6-14(15)20/h4-11H,12H2,1-3H3,(H,22,24)/b21-11-. The molecule has 0 aliphatic rings. The monoisotopic (exact) mass is 513 g/mol. The number of anilines is 1. The van der Waals surface area contributed by atoms with Crippen molar-refractivity contribution < 1.29 is 32.2 Å². The van der Waals surface area contributed by atoms with Crippen LogP contribution in [0.5, 0.6) is 11.5 Å². The van der Waals surface area contributed by atoms with Gasteiger partial charge < -0.3 is 14.2 Å². The molecule has 0 bridgehead atoms. The van der Waals surface area contributed by atoms with Gasteiger partial charge in [-0.25, -0.2) is 18.6 Å². The first kappa shape index (κ1) is 24.2. The molecule has 2 aromatic rings. The molecule has 0 radical (unpaired) electrons. The van der Waals surface area contributed by atoms with Gasteiger partial charge in [-0.15, -0.1) is 0 Å². The van der Waals surface area contributed by atoms with Crippen molar-refractivity contribution in [3.05, 3.63) is 52.5 Å². The third kappa shape index (κ3) is 6.96. The van der Waals surface area contributed by atoms with E-state index in [0.29, 0.717) is 15.7 Å². The van der Waals surface area contributed by atoms with E-state index in [1.165, 1.54) is 32.6 Å². The number of para-hydroxylation sites is 1. The van der Waals surface area contributed by atoms with E-state index < -0.39 is 28.6 Å². The van der Waals surface area contributed by atoms with Gasteiger partial charge in [0.05, 0.1) is 32.4 Å². The molecule has 10 nitrogen and oxygen atoms in total. The lowest BCUT2D eigenvalue weighted by atomic mass is 10.2. The minimum Gasteiger partial charge on any atom is -0.493 e. The maximum absolute atomic E-state index is 12.3. The number of hydrogen-bond donors (Lipinski definition) is 1. The molecule has 0 aromatic heterocycles. The third-order valence-corrected chi connectivity index (χ3v) is 5.56. The van der Waals surface area contributed by atoms with Gasteiger partial charge in [-0.05, 0) is 51.8 Å². The Hall–Kier alpha value is -3.12. The summed E-state index contributed by atoms with van der Waals surface area (Å²) in [5.41, 5.74) is 3.14. The number of benzene rings is 2. The summed E-state index contributed by atoms with van der Waals surface area (Å²) in [5, 5.41) is 3.83. The van der Waals surface area contributed by atoms with Crippen LogP contribution in [0, 0.1) is 0 Å². The van der Waals surface area contributed by atoms with E-state index in [0.717, 1.165) is 10.6 Å². The topological polar surface area (TPSA) is 124 Å². The lowest BCUT2D eigenvalue weighted by Crippen LogP contribution is -2.39. The molecule has 0 fully saturated rings. The summed E-state index contributed by atoms with van der Waals surface area (Å²) in [6.07, 6.45) is 1.44. The van der Waals surface area contributed by atoms with Crippen molar-refractivity contribution in [2.75, 3.05) is 31.3 Å². The molecular formula is C19H20BrN3O7S. The summed E-state index contributed by atoms with van der Waals surface area (Å²) in [5.74, 6) is -0.249. The summed E-state index contributed by atoms with van der Waals surface area (Å²) in [4.78, 5) is 23.5. The van der Waals surface area contributed by atoms with Crippen LogP contribution in [0.4, 0.5) is 10.5 Å². The van der Waals surface area contributed by atoms with Crippen molar-refractivity contribution in [3.63, 3.8) is 0 Å². The van der Waals surface area contributed by atoms with Gasteiger partial charge in [0.1, 0.15) is 6.54 Å². The van der Waals surface area contributed by atoms with Gasteiger partial charge in [0.2, 0.25) is 10.0 Å². The second-order valence-electron chi connectivity index (χ2n) is 5.98. The van der Waals surface area contributed by atoms with E-state index in [4.69, 9.17) is 9.47 Å². The van der Waals surface area contributed by atoms with E-state index in [-0.39, 0.29) is 11.5 Å². The lowest BCUT2D eigenvalue weighted by molar-refractivity contribution is -0.119. The highest BCUT2D eigenvalue weighted by molar-refractivity contribution is 9.10. The predicted molar refractivity (Wildman–Crippen MR) is 118 cm³/mol. The average molecular weight is 514 g/mol. The Morgan fingerprint density at radius 3 is 2.48 bits per heavy atom. The Morgan fingerprint density at radius 1 is 1.16 bits per heavy atom. The molecular weight excluding hydrogens is 494 g/mol. The van der Waals surface area contributed by atoms with Gasteiger partial charge in [0.25, 0.3) is 5.91 Å². The van der Waals surface area contributed by atoms with Gasteiger partial charge in [0, 0.05) is 4.47 Å². The minimum absolute atomic E-state index is 0.146. The number of methoxy groups -OCH3 is 2. The predicted octanol–water partition coefficient (Wildman–Crippen LogP) is 2.52. The quantitative estimate of drug-likeness (QED) is 0.249. The van der Waals surface area contributed by atoms with Gasteiger partial charge in [0.15, 0.2) is 11.5 Å². The molecule has 1 amide bonds. The summed E-state index contributed by atoms with van der Waals surface area (Å²) >= 11 is 3.28. The van der Waals surface area contributed by atoms with Crippen molar-refractivity contribution in [1.82, 2.24) is 5.43 Å². The second-order valence-corrected chi connectivity index (χ2v) is 8.74. The Morgan fingerprint density at radius 2 is 1.87 bits per heavy atom. The number of hydrazone groups is 1. The van der Waals surface area contributed by atoms with Crippen molar-refractivity contribution in [2.24, 2.45) is 5.10 Å². The molecule has 2 rings (SSSR count). The first-order valence-electron chi connectivity index (χ1n) is 8.63. The van der Waals surface area contributed by atoms with Gasteiger partial charge in [-0.3, -0.25) is 9.10 Å². The molecule has 0 heterocycles. The molecule has 0 aliphatic carbocycles. The Balaban J connectivity index is 2.09. The summed E-state index contributed by atoms with van der Waals surface area (Å²) in [7, 11) is -1.14. The Labute approximate surface area is 188 Å². The molecule has 0 saturated carbocycles. The largest absolute Gasteiger partial charge is 0.513 e. The summed E-state index contributed by atoms with van der Waals surface area (Å²) in [6.45, 7) is -0.464. The van der Waals surface area contributed by atoms with Crippen LogP contribution in [0.3, 0.4) is 0 Å². The smallest absolute Gasteiger partial charge is 0.493 e. The molecule has 0 aliphatic heterocycles. The van der Waals surface area contributed by atoms with E-state index in [1.807, 2.05) is 0 Å². The van der Waals surface area contributed by atoms with Crippen molar-refractivity contribution in [3.8, 4) is 11.5 Å². The maximum atomic E-state index is 12.3. The molecule has 0 unspecified atom stereocenters. The number of nitrogens with one attached hydrogen (secondary N) is 1. The van der Waals surface area contributed by atoms with Crippen LogP contribution in [0.2, 0.25) is 0 Å². The molecule has 0 saturated heterocycles. The SMILES string of the molecule is COC(=O)Oc1ccc(/C=N\NC(=O)CN(c2ccccc2Br)S(C)(=O)=O)cc1OC. The van der Waals surface area contributed by atoms with Crippen LogP contribution in [0.1, 0.15) is 5.56 Å². The van der Waals surface area contributed by atoms with Crippen molar-refractivity contribution >= 4 is 49.9 Å². The van der Waals surface area contributed by atoms with E-state index >= 15 is 0 Å². The van der Waals surface area contributed by atoms with Gasteiger partial charge in [-0.2, -0.15) is 5.10 Å². The number of rotatable bonds is 8. The second kappa shape index (κ2) is 10.8. The van der Waals surface area contributed by atoms with Crippen molar-refractivity contribution in [1.29, 1.82) is 0 Å². The number of amides is 1. The number of nitrogens with zero attached hydrogens (tertiary/aromatic N) is 2. The molecule has 0 atom stereocenters. The highest BCUT2D eigenvalue weighted by Gasteiger charge is 2.22. The van der Waals surface area contributed by atoms with Gasteiger partial charge in [-0.1, -0.05) is 12.1 Å². The van der Waals surface area contributed by atoms with Crippen LogP contribution in [0.15, 0.2) is 52.0 Å². The molecule has 2 aromatic carbocycles. The van der Waals surface area contributed by atoms with Gasteiger partial charge >= 0.3 is 6.16 Å². The van der Waals surface area contributed by atoms with Crippen LogP contribution >= 0.6 is 15.9 Å². The zero-order valence-electron chi connectivity index (χ0n) is 16.9. The third-order valence-electron chi connectivity index (χ3n) is 3.76. The molecule has 31 heavy (non-hydrogen) atoms. The van der Waals surface area contributed by atoms with Crippen LogP contribution in [-0.2, 0) is 19.6 Å². The fourth-order valence-electron chi connectivity index (χ4n) is 2.36. The number of halogens is 1. The maximum Gasteiger partial charge on any atom is 0.513 e. The highest BCUT2D eigenvalue weighted by Crippen LogP contribution is 2.28. The normalized spacial score (nSPS) is 11.1. The number of carbonyl (C=O) groups is 2. The zero-order chi connectivity index (χ0) is 23.0. The van der Waals surface area contributed by atoms with Crippen molar-refractivity contribution in [2.45, 2.75) is 0 Å². The molecule has 12 heteroatoms. The molecule has 166 valence electrons. The van der Waals surface area contributed by atoms with E-state index in [1.54, 1.807) is 30.3 Å². The fraction of sp³-hybridized carbons (Fsp3) is 0.211. The zero-order valence-corrected chi connectivity index (χ0v) is 19.3. The number of hydrogen-bond acceptors (Lipinski definition) is 8. The van der Waals surface area contributed by atoms with E-state index in [2.05, 4.69) is 31.2 Å². The minimum atomic E-state index is -3.72. The number of sulfonamides is 1. The molecule has 1 N–H and O–H groups in total. The summed E-state index contributed by atoms with van der Waals surface area (Å²) in [6, 6.07) is 11.2. The Bertz CT molecular complexity index is 1090. The van der Waals surface area contributed by atoms with E-state index in [9.17, 15) is 18.0 Å². The van der Waals surface area contributed by atoms with Crippen LogP contribution < -0.4 is 19.2 Å². The van der Waals surface area contributed by atoms with Crippen LogP contribution in [-0.4, -0.2) is 53.7 Å². The fourth-order valence-corrected chi connectivity index (χ4v) is 3.84. The molecule has 0 spiro atoms. The highest BCUT2D eigenvalue weighted by atomic mass is 79.9. The summed E-state index contributed by atoms with van der Waals surface area (Å²) < 4.78 is 40.3. The first-order valence-corrected chi connectivity index (χ1v) is 11.3. The Kier molecular flexibility index (Phi) is 8.39. The first-order chi connectivity index (χ1) is 14.7.